The first-order chi connectivity index (χ1) is 16.7. The highest BCUT2D eigenvalue weighted by Gasteiger charge is 2.48. The lowest BCUT2D eigenvalue weighted by molar-refractivity contribution is -0.167. The number of cyclic esters (lactones) is 1. The van der Waals surface area contributed by atoms with Gasteiger partial charge in [-0.25, -0.2) is 4.79 Å². The smallest absolute Gasteiger partial charge is 0.338 e. The molecule has 2 aliphatic rings. The van der Waals surface area contributed by atoms with Gasteiger partial charge < -0.3 is 9.84 Å². The quantitative estimate of drug-likeness (QED) is 0.439. The third kappa shape index (κ3) is 5.26. The number of halogens is 1. The molecule has 0 bridgehead atoms. The molecule has 1 aromatic carbocycles. The molecule has 1 aliphatic heterocycles. The second-order valence-electron chi connectivity index (χ2n) is 10.5. The van der Waals surface area contributed by atoms with Crippen LogP contribution in [0.4, 0.5) is 0 Å². The SMILES string of the molecule is CCn1cc(CC2=C(O)CC(CCc3ccc(C(C)(C)C#N)c(Cl)c3)(C3CCCC3)OC2=O)cn1. The maximum atomic E-state index is 13.2. The Morgan fingerprint density at radius 3 is 2.66 bits per heavy atom. The number of hydrogen-bond acceptors (Lipinski definition) is 5. The molecule has 1 atom stereocenters. The van der Waals surface area contributed by atoms with Crippen LogP contribution in [0.2, 0.25) is 5.02 Å². The molecule has 2 heterocycles. The number of aliphatic hydroxyl groups is 1. The molecule has 1 unspecified atom stereocenters. The van der Waals surface area contributed by atoms with Gasteiger partial charge in [0.25, 0.3) is 0 Å². The summed E-state index contributed by atoms with van der Waals surface area (Å²) in [7, 11) is 0. The Bertz CT molecular complexity index is 1170. The number of carbonyl (C=O) groups excluding carboxylic acids is 1. The van der Waals surface area contributed by atoms with Crippen LogP contribution in [0.15, 0.2) is 41.9 Å². The second kappa shape index (κ2) is 10.1. The van der Waals surface area contributed by atoms with Gasteiger partial charge in [0, 0.05) is 30.6 Å². The molecule has 0 saturated heterocycles. The van der Waals surface area contributed by atoms with Crippen molar-refractivity contribution < 1.29 is 14.6 Å². The molecule has 0 spiro atoms. The number of aryl methyl sites for hydroxylation is 2. The molecule has 1 aromatic heterocycles. The molecular weight excluding hydrogens is 462 g/mol. The Kier molecular flexibility index (Phi) is 7.28. The predicted molar refractivity (Wildman–Crippen MR) is 135 cm³/mol. The van der Waals surface area contributed by atoms with Crippen LogP contribution in [0.3, 0.4) is 0 Å². The fraction of sp³-hybridized carbons (Fsp3) is 0.536. The summed E-state index contributed by atoms with van der Waals surface area (Å²) >= 11 is 6.54. The van der Waals surface area contributed by atoms with Crippen molar-refractivity contribution in [3.63, 3.8) is 0 Å². The van der Waals surface area contributed by atoms with Gasteiger partial charge >= 0.3 is 5.97 Å². The minimum Gasteiger partial charge on any atom is -0.512 e. The average Bonchev–Trinajstić information content (AvgIpc) is 3.52. The van der Waals surface area contributed by atoms with Crippen LogP contribution in [-0.2, 0) is 34.3 Å². The molecule has 1 fully saturated rings. The monoisotopic (exact) mass is 495 g/mol. The summed E-state index contributed by atoms with van der Waals surface area (Å²) in [5, 5.41) is 25.4. The van der Waals surface area contributed by atoms with Crippen molar-refractivity contribution in [1.29, 1.82) is 5.26 Å². The number of rotatable bonds is 8. The van der Waals surface area contributed by atoms with Gasteiger partial charge in [-0.1, -0.05) is 36.6 Å². The van der Waals surface area contributed by atoms with Crippen LogP contribution in [0.25, 0.3) is 0 Å². The molecule has 2 aromatic rings. The second-order valence-corrected chi connectivity index (χ2v) is 10.9. The number of aromatic nitrogens is 2. The van der Waals surface area contributed by atoms with Crippen LogP contribution in [0.1, 0.15) is 76.0 Å². The zero-order chi connectivity index (χ0) is 25.2. The minimum atomic E-state index is -0.716. The van der Waals surface area contributed by atoms with E-state index in [0.717, 1.165) is 48.9 Å². The van der Waals surface area contributed by atoms with E-state index in [-0.39, 0.29) is 11.7 Å². The molecule has 186 valence electrons. The van der Waals surface area contributed by atoms with Gasteiger partial charge in [-0.15, -0.1) is 0 Å². The molecule has 6 nitrogen and oxygen atoms in total. The van der Waals surface area contributed by atoms with Crippen molar-refractivity contribution in [2.75, 3.05) is 0 Å². The first-order valence-electron chi connectivity index (χ1n) is 12.5. The first kappa shape index (κ1) is 25.3. The van der Waals surface area contributed by atoms with Gasteiger partial charge in [0.1, 0.15) is 11.4 Å². The Morgan fingerprint density at radius 2 is 2.06 bits per heavy atom. The third-order valence-corrected chi connectivity index (χ3v) is 7.98. The minimum absolute atomic E-state index is 0.140. The van der Waals surface area contributed by atoms with E-state index in [4.69, 9.17) is 16.3 Å². The molecule has 7 heteroatoms. The number of carbonyl (C=O) groups is 1. The summed E-state index contributed by atoms with van der Waals surface area (Å²) < 4.78 is 8.04. The van der Waals surface area contributed by atoms with Crippen LogP contribution in [0, 0.1) is 17.2 Å². The number of nitriles is 1. The van der Waals surface area contributed by atoms with E-state index >= 15 is 0 Å². The first-order valence-corrected chi connectivity index (χ1v) is 12.9. The summed E-state index contributed by atoms with van der Waals surface area (Å²) in [4.78, 5) is 13.2. The van der Waals surface area contributed by atoms with E-state index in [0.29, 0.717) is 36.3 Å². The van der Waals surface area contributed by atoms with Crippen LogP contribution >= 0.6 is 11.6 Å². The van der Waals surface area contributed by atoms with Gasteiger partial charge in [0.2, 0.25) is 0 Å². The highest BCUT2D eigenvalue weighted by atomic mass is 35.5. The summed E-state index contributed by atoms with van der Waals surface area (Å²) in [6.45, 7) is 6.46. The molecular formula is C28H34ClN3O3. The maximum Gasteiger partial charge on any atom is 0.338 e. The summed E-state index contributed by atoms with van der Waals surface area (Å²) in [5.74, 6) is -0.0548. The van der Waals surface area contributed by atoms with Gasteiger partial charge in [0.05, 0.1) is 23.3 Å². The van der Waals surface area contributed by atoms with E-state index in [1.165, 1.54) is 0 Å². The third-order valence-electron chi connectivity index (χ3n) is 7.67. The van der Waals surface area contributed by atoms with E-state index in [1.54, 1.807) is 10.9 Å². The largest absolute Gasteiger partial charge is 0.512 e. The summed E-state index contributed by atoms with van der Waals surface area (Å²) in [6, 6.07) is 8.13. The lowest BCUT2D eigenvalue weighted by atomic mass is 9.76. The molecule has 35 heavy (non-hydrogen) atoms. The fourth-order valence-electron chi connectivity index (χ4n) is 5.50. The predicted octanol–water partition coefficient (Wildman–Crippen LogP) is 6.22. The van der Waals surface area contributed by atoms with E-state index in [2.05, 4.69) is 11.2 Å². The number of aliphatic hydroxyl groups excluding tert-OH is 1. The zero-order valence-corrected chi connectivity index (χ0v) is 21.6. The number of esters is 1. The molecule has 1 N–H and O–H groups in total. The Balaban J connectivity index is 1.56. The van der Waals surface area contributed by atoms with Crippen molar-refractivity contribution in [2.45, 2.75) is 89.7 Å². The van der Waals surface area contributed by atoms with Gasteiger partial charge in [-0.3, -0.25) is 4.68 Å². The fourth-order valence-corrected chi connectivity index (χ4v) is 5.94. The Labute approximate surface area is 212 Å². The number of benzene rings is 1. The van der Waals surface area contributed by atoms with Crippen molar-refractivity contribution in [2.24, 2.45) is 5.92 Å². The topological polar surface area (TPSA) is 88.1 Å². The molecule has 1 saturated carbocycles. The van der Waals surface area contributed by atoms with Crippen LogP contribution in [0.5, 0.6) is 0 Å². The number of hydrogen-bond donors (Lipinski definition) is 1. The normalized spacial score (nSPS) is 21.3. The highest BCUT2D eigenvalue weighted by molar-refractivity contribution is 6.31. The van der Waals surface area contributed by atoms with Crippen molar-refractivity contribution in [1.82, 2.24) is 9.78 Å². The maximum absolute atomic E-state index is 13.2. The summed E-state index contributed by atoms with van der Waals surface area (Å²) in [6.07, 6.45) is 9.79. The van der Waals surface area contributed by atoms with Crippen molar-refractivity contribution >= 4 is 17.6 Å². The number of ether oxygens (including phenoxy) is 1. The van der Waals surface area contributed by atoms with E-state index < -0.39 is 17.0 Å². The lowest BCUT2D eigenvalue weighted by Gasteiger charge is -2.42. The van der Waals surface area contributed by atoms with Crippen molar-refractivity contribution in [3.05, 3.63) is 63.6 Å². The lowest BCUT2D eigenvalue weighted by Crippen LogP contribution is -2.46. The van der Waals surface area contributed by atoms with Crippen LogP contribution in [-0.4, -0.2) is 26.5 Å². The van der Waals surface area contributed by atoms with Gasteiger partial charge in [-0.05, 0) is 75.1 Å². The number of nitrogens with zero attached hydrogens (tertiary/aromatic N) is 3. The molecule has 0 radical (unpaired) electrons. The Morgan fingerprint density at radius 1 is 1.31 bits per heavy atom. The van der Waals surface area contributed by atoms with Gasteiger partial charge in [-0.2, -0.15) is 10.4 Å². The van der Waals surface area contributed by atoms with E-state index in [9.17, 15) is 15.2 Å². The molecule has 0 amide bonds. The highest BCUT2D eigenvalue weighted by Crippen LogP contribution is 2.46. The summed E-state index contributed by atoms with van der Waals surface area (Å²) in [5.41, 5.74) is 1.67. The van der Waals surface area contributed by atoms with Crippen molar-refractivity contribution in [3.8, 4) is 6.07 Å². The average molecular weight is 496 g/mol. The van der Waals surface area contributed by atoms with E-state index in [1.807, 2.05) is 45.2 Å². The Hall–Kier alpha value is -2.78. The molecule has 4 rings (SSSR count). The standard InChI is InChI=1S/C28H34ClN3O3/c1-4-32-17-20(16-31-32)13-22-25(33)15-28(35-26(22)34,21-7-5-6-8-21)12-11-19-9-10-23(24(29)14-19)27(2,3)18-30/h9-10,14,16-17,21,33H,4-8,11-13,15H2,1-3H3. The van der Waals surface area contributed by atoms with Crippen LogP contribution < -0.4 is 0 Å². The zero-order valence-electron chi connectivity index (χ0n) is 20.8. The van der Waals surface area contributed by atoms with Gasteiger partial charge in [0.15, 0.2) is 0 Å². The molecule has 1 aliphatic carbocycles.